The second-order valence-corrected chi connectivity index (χ2v) is 10.4. The van der Waals surface area contributed by atoms with E-state index in [0.717, 1.165) is 57.2 Å². The summed E-state index contributed by atoms with van der Waals surface area (Å²) in [5.41, 5.74) is 4.55. The maximum Gasteiger partial charge on any atom is 0.413 e. The second-order valence-electron chi connectivity index (χ2n) is 10.4. The summed E-state index contributed by atoms with van der Waals surface area (Å²) < 4.78 is 13.5. The predicted molar refractivity (Wildman–Crippen MR) is 160 cm³/mol. The summed E-state index contributed by atoms with van der Waals surface area (Å²) in [5, 5.41) is 11.5. The highest BCUT2D eigenvalue weighted by Crippen LogP contribution is 2.31. The first kappa shape index (κ1) is 27.3. The van der Waals surface area contributed by atoms with Crippen LogP contribution in [-0.4, -0.2) is 51.5 Å². The van der Waals surface area contributed by atoms with Gasteiger partial charge in [0.2, 0.25) is 0 Å². The van der Waals surface area contributed by atoms with Crippen LogP contribution in [0.15, 0.2) is 79.1 Å². The van der Waals surface area contributed by atoms with Crippen molar-refractivity contribution in [1.29, 1.82) is 0 Å². The van der Waals surface area contributed by atoms with Gasteiger partial charge in [0, 0.05) is 47.3 Å². The van der Waals surface area contributed by atoms with E-state index in [2.05, 4.69) is 20.6 Å². The van der Waals surface area contributed by atoms with Crippen molar-refractivity contribution in [3.05, 3.63) is 95.9 Å². The van der Waals surface area contributed by atoms with Crippen LogP contribution in [-0.2, 0) is 22.4 Å². The number of aromatic nitrogens is 3. The van der Waals surface area contributed by atoms with Crippen molar-refractivity contribution in [3.63, 3.8) is 0 Å². The molecule has 9 heteroatoms. The van der Waals surface area contributed by atoms with Crippen LogP contribution < -0.4 is 9.64 Å². The van der Waals surface area contributed by atoms with E-state index in [1.54, 1.807) is 0 Å². The van der Waals surface area contributed by atoms with E-state index >= 15 is 0 Å². The Morgan fingerprint density at radius 3 is 2.79 bits per heavy atom. The molecule has 1 aliphatic heterocycles. The number of nitrogens with zero attached hydrogens (tertiary/aromatic N) is 4. The number of aryl methyl sites for hydroxylation is 1. The number of carbonyl (C=O) groups excluding carboxylic acids is 1. The molecule has 4 heterocycles. The molecule has 1 amide bonds. The molecule has 0 saturated carbocycles. The van der Waals surface area contributed by atoms with Gasteiger partial charge in [-0.25, -0.2) is 9.78 Å². The summed E-state index contributed by atoms with van der Waals surface area (Å²) in [6.45, 7) is 3.00. The first-order valence-electron chi connectivity index (χ1n) is 14.2. The normalized spacial score (nSPS) is 13.6. The molecule has 5 aromatic rings. The lowest BCUT2D eigenvalue weighted by Gasteiger charge is -2.26. The molecular formula is C33H32N4O5. The average molecular weight is 565 g/mol. The quantitative estimate of drug-likeness (QED) is 0.213. The van der Waals surface area contributed by atoms with Crippen LogP contribution in [0.2, 0.25) is 0 Å². The number of hydrogen-bond donors (Lipinski definition) is 1. The molecule has 0 spiro atoms. The van der Waals surface area contributed by atoms with Crippen LogP contribution in [0.3, 0.4) is 0 Å². The number of hydrogen-bond acceptors (Lipinski definition) is 6. The van der Waals surface area contributed by atoms with Gasteiger partial charge in [-0.2, -0.15) is 0 Å². The van der Waals surface area contributed by atoms with E-state index in [4.69, 9.17) is 9.47 Å². The zero-order chi connectivity index (χ0) is 29.1. The average Bonchev–Trinajstić information content (AvgIpc) is 3.42. The molecule has 6 rings (SSSR count). The second kappa shape index (κ2) is 11.9. The molecule has 0 saturated heterocycles. The summed E-state index contributed by atoms with van der Waals surface area (Å²) in [6.07, 6.45) is 5.22. The van der Waals surface area contributed by atoms with Crippen LogP contribution in [0.4, 0.5) is 10.6 Å². The van der Waals surface area contributed by atoms with E-state index in [1.165, 1.54) is 4.90 Å². The van der Waals surface area contributed by atoms with Gasteiger partial charge in [-0.1, -0.05) is 24.3 Å². The molecule has 1 N–H and O–H groups in total. The topological polar surface area (TPSA) is 107 Å². The number of ether oxygens (including phenoxy) is 2. The molecular weight excluding hydrogens is 532 g/mol. The van der Waals surface area contributed by atoms with E-state index < -0.39 is 6.09 Å². The Balaban J connectivity index is 1.20. The molecule has 3 aromatic heterocycles. The first-order valence-corrected chi connectivity index (χ1v) is 14.2. The Bertz CT molecular complexity index is 1760. The molecule has 214 valence electrons. The number of rotatable bonds is 9. The number of para-hydroxylation sites is 1. The summed E-state index contributed by atoms with van der Waals surface area (Å²) in [6, 6.07) is 21.6. The van der Waals surface area contributed by atoms with Gasteiger partial charge in [0.1, 0.15) is 11.6 Å². The van der Waals surface area contributed by atoms with Crippen molar-refractivity contribution in [3.8, 4) is 5.75 Å². The van der Waals surface area contributed by atoms with Crippen LogP contribution in [0, 0.1) is 0 Å². The van der Waals surface area contributed by atoms with Crippen molar-refractivity contribution in [2.45, 2.75) is 38.6 Å². The van der Waals surface area contributed by atoms with Crippen LogP contribution in [0.1, 0.15) is 42.6 Å². The predicted octanol–water partition coefficient (Wildman–Crippen LogP) is 6.18. The third kappa shape index (κ3) is 5.63. The molecule has 0 aliphatic carbocycles. The van der Waals surface area contributed by atoms with Gasteiger partial charge in [0.05, 0.1) is 31.2 Å². The molecule has 0 radical (unpaired) electrons. The number of benzene rings is 2. The maximum atomic E-state index is 12.6. The Morgan fingerprint density at radius 1 is 1.05 bits per heavy atom. The van der Waals surface area contributed by atoms with Crippen LogP contribution in [0.25, 0.3) is 21.8 Å². The standard InChI is InChI=1S/C33H32N4O5/c1-2-41-31(38)20-30(25-18-23-6-3-4-8-28(23)34-21-25)36-16-13-24-19-27(11-12-29(24)36)42-17-14-26-10-9-22-7-5-15-37(33(39)40)32(22)35-26/h3-4,6,8-13,16,18-19,21,30H,2,5,7,14-15,17,20H2,1H3,(H,39,40). The van der Waals surface area contributed by atoms with E-state index in [0.29, 0.717) is 32.0 Å². The molecule has 9 nitrogen and oxygen atoms in total. The summed E-state index contributed by atoms with van der Waals surface area (Å²) in [4.78, 5) is 34.8. The molecule has 0 fully saturated rings. The largest absolute Gasteiger partial charge is 0.493 e. The highest BCUT2D eigenvalue weighted by molar-refractivity contribution is 5.86. The van der Waals surface area contributed by atoms with E-state index in [-0.39, 0.29) is 18.4 Å². The fourth-order valence-corrected chi connectivity index (χ4v) is 5.61. The number of carbonyl (C=O) groups is 2. The molecule has 1 atom stereocenters. The maximum absolute atomic E-state index is 12.6. The first-order chi connectivity index (χ1) is 20.5. The molecule has 2 aromatic carbocycles. The van der Waals surface area contributed by atoms with Gasteiger partial charge in [-0.15, -0.1) is 0 Å². The van der Waals surface area contributed by atoms with Gasteiger partial charge in [0.15, 0.2) is 0 Å². The van der Waals surface area contributed by atoms with Gasteiger partial charge in [-0.3, -0.25) is 14.7 Å². The lowest BCUT2D eigenvalue weighted by molar-refractivity contribution is -0.143. The summed E-state index contributed by atoms with van der Waals surface area (Å²) in [5.74, 6) is 0.993. The Hall–Kier alpha value is -4.92. The van der Waals surface area contributed by atoms with Crippen molar-refractivity contribution in [2.75, 3.05) is 24.7 Å². The summed E-state index contributed by atoms with van der Waals surface area (Å²) >= 11 is 0. The van der Waals surface area contributed by atoms with Gasteiger partial charge >= 0.3 is 12.1 Å². The van der Waals surface area contributed by atoms with Crippen molar-refractivity contribution in [1.82, 2.24) is 14.5 Å². The number of amides is 1. The van der Waals surface area contributed by atoms with Gasteiger partial charge in [0.25, 0.3) is 0 Å². The van der Waals surface area contributed by atoms with Gasteiger partial charge < -0.3 is 19.1 Å². The minimum absolute atomic E-state index is 0.184. The van der Waals surface area contributed by atoms with Crippen molar-refractivity contribution >= 4 is 39.7 Å². The zero-order valence-corrected chi connectivity index (χ0v) is 23.4. The number of fused-ring (bicyclic) bond motifs is 3. The lowest BCUT2D eigenvalue weighted by atomic mass is 10.0. The van der Waals surface area contributed by atoms with Gasteiger partial charge in [-0.05, 0) is 73.4 Å². The van der Waals surface area contributed by atoms with Crippen LogP contribution in [0.5, 0.6) is 5.75 Å². The Morgan fingerprint density at radius 2 is 1.93 bits per heavy atom. The SMILES string of the molecule is CCOC(=O)CC(c1cnc2ccccc2c1)n1ccc2cc(OCCc3ccc4c(n3)N(C(=O)O)CCC4)ccc21. The fraction of sp³-hybridized carbons (Fsp3) is 0.273. The molecule has 1 unspecified atom stereocenters. The molecule has 42 heavy (non-hydrogen) atoms. The molecule has 1 aliphatic rings. The minimum atomic E-state index is -0.974. The minimum Gasteiger partial charge on any atom is -0.493 e. The van der Waals surface area contributed by atoms with Crippen molar-refractivity contribution < 1.29 is 24.2 Å². The number of carboxylic acid groups (broad SMARTS) is 1. The lowest BCUT2D eigenvalue weighted by Crippen LogP contribution is -2.35. The summed E-state index contributed by atoms with van der Waals surface area (Å²) in [7, 11) is 0. The van der Waals surface area contributed by atoms with E-state index in [1.807, 2.05) is 80.0 Å². The van der Waals surface area contributed by atoms with Crippen LogP contribution >= 0.6 is 0 Å². The monoisotopic (exact) mass is 564 g/mol. The number of anilines is 1. The smallest absolute Gasteiger partial charge is 0.413 e. The highest BCUT2D eigenvalue weighted by Gasteiger charge is 2.24. The zero-order valence-electron chi connectivity index (χ0n) is 23.4. The Labute approximate surface area is 243 Å². The number of pyridine rings is 2. The van der Waals surface area contributed by atoms with Crippen molar-refractivity contribution in [2.24, 2.45) is 0 Å². The highest BCUT2D eigenvalue weighted by atomic mass is 16.5. The van der Waals surface area contributed by atoms with E-state index in [9.17, 15) is 14.7 Å². The fourth-order valence-electron chi connectivity index (χ4n) is 5.61. The molecule has 0 bridgehead atoms. The third-order valence-corrected chi connectivity index (χ3v) is 7.64. The number of esters is 1. The third-order valence-electron chi connectivity index (χ3n) is 7.64. The Kier molecular flexibility index (Phi) is 7.72.